The van der Waals surface area contributed by atoms with Crippen molar-refractivity contribution < 1.29 is 13.2 Å². The van der Waals surface area contributed by atoms with Crippen LogP contribution in [0.3, 0.4) is 0 Å². The van der Waals surface area contributed by atoms with E-state index in [-0.39, 0.29) is 17.3 Å². The Kier molecular flexibility index (Phi) is 7.19. The van der Waals surface area contributed by atoms with E-state index < -0.39 is 10.0 Å². The van der Waals surface area contributed by atoms with Crippen molar-refractivity contribution in [2.45, 2.75) is 4.90 Å². The minimum Gasteiger partial charge on any atom is -0.339 e. The second kappa shape index (κ2) is 9.82. The van der Waals surface area contributed by atoms with Crippen molar-refractivity contribution in [3.8, 4) is 0 Å². The molecule has 0 spiro atoms. The zero-order valence-corrected chi connectivity index (χ0v) is 17.5. The number of amides is 1. The molecule has 1 aliphatic rings. The third kappa shape index (κ3) is 5.76. The largest absolute Gasteiger partial charge is 0.339 e. The van der Waals surface area contributed by atoms with E-state index in [9.17, 15) is 13.2 Å². The molecule has 0 unspecified atom stereocenters. The first kappa shape index (κ1) is 21.2. The summed E-state index contributed by atoms with van der Waals surface area (Å²) in [6.45, 7) is 3.46. The van der Waals surface area contributed by atoms with E-state index in [2.05, 4.69) is 29.2 Å². The van der Waals surface area contributed by atoms with Crippen LogP contribution in [0.25, 0.3) is 6.08 Å². The van der Waals surface area contributed by atoms with Gasteiger partial charge < -0.3 is 4.90 Å². The number of likely N-dealkylation sites (N-methyl/N-ethyl adjacent to an activating group) is 1. The van der Waals surface area contributed by atoms with Gasteiger partial charge in [0.25, 0.3) is 0 Å². The first-order valence-electron chi connectivity index (χ1n) is 9.70. The minimum absolute atomic E-state index is 0.148. The molecule has 0 aromatic heterocycles. The Labute approximate surface area is 173 Å². The second-order valence-electron chi connectivity index (χ2n) is 7.07. The van der Waals surface area contributed by atoms with Gasteiger partial charge in [-0.15, -0.1) is 0 Å². The van der Waals surface area contributed by atoms with Crippen LogP contribution in [0.4, 0.5) is 0 Å². The summed E-state index contributed by atoms with van der Waals surface area (Å²) in [6.07, 6.45) is 4.23. The average molecular weight is 414 g/mol. The molecule has 29 heavy (non-hydrogen) atoms. The van der Waals surface area contributed by atoms with Crippen LogP contribution in [0.15, 0.2) is 71.6 Å². The first-order chi connectivity index (χ1) is 14.0. The van der Waals surface area contributed by atoms with Gasteiger partial charge in [-0.1, -0.05) is 60.7 Å². The number of piperazine rings is 1. The maximum absolute atomic E-state index is 12.6. The summed E-state index contributed by atoms with van der Waals surface area (Å²) in [7, 11) is -2.21. The highest BCUT2D eigenvalue weighted by Crippen LogP contribution is 2.14. The zero-order chi connectivity index (χ0) is 20.7. The number of benzene rings is 2. The summed E-state index contributed by atoms with van der Waals surface area (Å²) in [4.78, 5) is 16.8. The minimum atomic E-state index is -3.66. The Morgan fingerprint density at radius 2 is 1.55 bits per heavy atom. The average Bonchev–Trinajstić information content (AvgIpc) is 2.75. The zero-order valence-electron chi connectivity index (χ0n) is 16.6. The number of hydrogen-bond acceptors (Lipinski definition) is 4. The molecular formula is C22H27N3O3S. The Hall–Kier alpha value is -2.48. The molecule has 0 saturated carbocycles. The molecule has 0 bridgehead atoms. The number of sulfonamides is 1. The maximum Gasteiger partial charge on any atom is 0.243 e. The monoisotopic (exact) mass is 413 g/mol. The fourth-order valence-corrected chi connectivity index (χ4v) is 4.37. The van der Waals surface area contributed by atoms with Crippen LogP contribution in [0.2, 0.25) is 0 Å². The number of rotatable bonds is 7. The fraction of sp³-hybridized carbons (Fsp3) is 0.318. The van der Waals surface area contributed by atoms with E-state index in [1.54, 1.807) is 23.1 Å². The lowest BCUT2D eigenvalue weighted by molar-refractivity contribution is -0.132. The number of nitrogens with zero attached hydrogens (tertiary/aromatic N) is 3. The molecule has 1 fully saturated rings. The number of carbonyl (C=O) groups is 1. The first-order valence-corrected chi connectivity index (χ1v) is 11.1. The van der Waals surface area contributed by atoms with Gasteiger partial charge in [0.2, 0.25) is 15.9 Å². The van der Waals surface area contributed by atoms with E-state index in [0.717, 1.165) is 23.9 Å². The summed E-state index contributed by atoms with van der Waals surface area (Å²) in [5.41, 5.74) is 1.17. The van der Waals surface area contributed by atoms with Gasteiger partial charge in [-0.3, -0.25) is 9.69 Å². The summed E-state index contributed by atoms with van der Waals surface area (Å²) >= 11 is 0. The predicted molar refractivity (Wildman–Crippen MR) is 115 cm³/mol. The smallest absolute Gasteiger partial charge is 0.243 e. The molecule has 1 heterocycles. The van der Waals surface area contributed by atoms with Gasteiger partial charge in [-0.25, -0.2) is 8.42 Å². The maximum atomic E-state index is 12.6. The molecule has 154 valence electrons. The van der Waals surface area contributed by atoms with Crippen molar-refractivity contribution in [2.75, 3.05) is 46.3 Å². The van der Waals surface area contributed by atoms with Gasteiger partial charge in [0.15, 0.2) is 0 Å². The third-order valence-corrected chi connectivity index (χ3v) is 6.83. The summed E-state index contributed by atoms with van der Waals surface area (Å²) in [6, 6.07) is 18.3. The molecule has 0 radical (unpaired) electrons. The summed E-state index contributed by atoms with van der Waals surface area (Å²) in [5, 5.41) is 0. The third-order valence-electron chi connectivity index (χ3n) is 5.01. The van der Waals surface area contributed by atoms with E-state index >= 15 is 0 Å². The normalized spacial score (nSPS) is 15.9. The SMILES string of the molecule is CN(CC(=O)N1CCN(C/C=C/c2ccccc2)CC1)S(=O)(=O)c1ccccc1. The second-order valence-corrected chi connectivity index (χ2v) is 9.11. The van der Waals surface area contributed by atoms with Crippen molar-refractivity contribution in [3.05, 3.63) is 72.3 Å². The molecule has 3 rings (SSSR count). The van der Waals surface area contributed by atoms with Crippen LogP contribution in [-0.2, 0) is 14.8 Å². The van der Waals surface area contributed by atoms with Crippen LogP contribution >= 0.6 is 0 Å². The predicted octanol–water partition coefficient (Wildman–Crippen LogP) is 2.16. The van der Waals surface area contributed by atoms with E-state index in [1.165, 1.54) is 24.7 Å². The fourth-order valence-electron chi connectivity index (χ4n) is 3.23. The van der Waals surface area contributed by atoms with E-state index in [0.29, 0.717) is 13.1 Å². The van der Waals surface area contributed by atoms with Crippen LogP contribution in [0.1, 0.15) is 5.56 Å². The lowest BCUT2D eigenvalue weighted by Crippen LogP contribution is -2.51. The van der Waals surface area contributed by atoms with Crippen LogP contribution < -0.4 is 0 Å². The number of hydrogen-bond donors (Lipinski definition) is 0. The molecule has 0 N–H and O–H groups in total. The molecule has 7 heteroatoms. The molecule has 1 saturated heterocycles. The molecule has 0 aliphatic carbocycles. The van der Waals surface area contributed by atoms with Crippen molar-refractivity contribution in [1.82, 2.24) is 14.1 Å². The number of carbonyl (C=O) groups excluding carboxylic acids is 1. The van der Waals surface area contributed by atoms with Crippen molar-refractivity contribution in [1.29, 1.82) is 0 Å². The Balaban J connectivity index is 1.47. The molecular weight excluding hydrogens is 386 g/mol. The topological polar surface area (TPSA) is 60.9 Å². The lowest BCUT2D eigenvalue weighted by Gasteiger charge is -2.34. The van der Waals surface area contributed by atoms with Crippen molar-refractivity contribution in [3.63, 3.8) is 0 Å². The summed E-state index contributed by atoms with van der Waals surface area (Å²) in [5.74, 6) is -0.161. The summed E-state index contributed by atoms with van der Waals surface area (Å²) < 4.78 is 26.3. The highest BCUT2D eigenvalue weighted by atomic mass is 32.2. The van der Waals surface area contributed by atoms with Crippen LogP contribution in [0, 0.1) is 0 Å². The van der Waals surface area contributed by atoms with Gasteiger partial charge in [0, 0.05) is 39.8 Å². The molecule has 1 aliphatic heterocycles. The molecule has 1 amide bonds. The van der Waals surface area contributed by atoms with E-state index in [1.807, 2.05) is 18.2 Å². The highest BCUT2D eigenvalue weighted by Gasteiger charge is 2.26. The molecule has 2 aromatic rings. The Morgan fingerprint density at radius 1 is 0.966 bits per heavy atom. The molecule has 0 atom stereocenters. The Bertz CT molecular complexity index is 922. The van der Waals surface area contributed by atoms with Gasteiger partial charge in [-0.2, -0.15) is 4.31 Å². The van der Waals surface area contributed by atoms with Crippen LogP contribution in [-0.4, -0.2) is 74.7 Å². The molecule has 6 nitrogen and oxygen atoms in total. The molecule has 2 aromatic carbocycles. The van der Waals surface area contributed by atoms with Crippen LogP contribution in [0.5, 0.6) is 0 Å². The standard InChI is InChI=1S/C22H27N3O3S/c1-23(29(27,28)21-12-6-3-7-13-21)19-22(26)25-17-15-24(16-18-25)14-8-11-20-9-4-2-5-10-20/h2-13H,14-19H2,1H3/b11-8+. The Morgan fingerprint density at radius 3 is 2.17 bits per heavy atom. The van der Waals surface area contributed by atoms with Gasteiger partial charge in [0.1, 0.15) is 0 Å². The highest BCUT2D eigenvalue weighted by molar-refractivity contribution is 7.89. The van der Waals surface area contributed by atoms with Gasteiger partial charge >= 0.3 is 0 Å². The van der Waals surface area contributed by atoms with Gasteiger partial charge in [-0.05, 0) is 17.7 Å². The van der Waals surface area contributed by atoms with Crippen molar-refractivity contribution >= 4 is 22.0 Å². The van der Waals surface area contributed by atoms with Crippen molar-refractivity contribution in [2.24, 2.45) is 0 Å². The quantitative estimate of drug-likeness (QED) is 0.698. The lowest BCUT2D eigenvalue weighted by atomic mass is 10.2. The van der Waals surface area contributed by atoms with E-state index in [4.69, 9.17) is 0 Å². The van der Waals surface area contributed by atoms with Gasteiger partial charge in [0.05, 0.1) is 11.4 Å².